The molecule has 21 heavy (non-hydrogen) atoms. The van der Waals surface area contributed by atoms with E-state index in [1.807, 2.05) is 13.8 Å². The topological polar surface area (TPSA) is 97.1 Å². The third-order valence-corrected chi connectivity index (χ3v) is 4.17. The summed E-state index contributed by atoms with van der Waals surface area (Å²) in [6, 6.07) is 4.93. The summed E-state index contributed by atoms with van der Waals surface area (Å²) in [6.07, 6.45) is 1.47. The zero-order valence-electron chi connectivity index (χ0n) is 12.1. The molecular formula is C13H18N4O3S. The summed E-state index contributed by atoms with van der Waals surface area (Å²) < 4.78 is 32.5. The molecule has 0 aliphatic carbocycles. The van der Waals surface area contributed by atoms with E-state index in [9.17, 15) is 8.42 Å². The van der Waals surface area contributed by atoms with Gasteiger partial charge in [0.1, 0.15) is 16.4 Å². The molecule has 114 valence electrons. The smallest absolute Gasteiger partial charge is 0.266 e. The van der Waals surface area contributed by atoms with Crippen LogP contribution in [0.1, 0.15) is 25.4 Å². The molecule has 0 spiro atoms. The van der Waals surface area contributed by atoms with E-state index in [0.717, 1.165) is 0 Å². The summed E-state index contributed by atoms with van der Waals surface area (Å²) in [4.78, 5) is 0.105. The Labute approximate surface area is 123 Å². The maximum Gasteiger partial charge on any atom is 0.266 e. The second-order valence-electron chi connectivity index (χ2n) is 4.88. The van der Waals surface area contributed by atoms with E-state index in [2.05, 4.69) is 20.2 Å². The van der Waals surface area contributed by atoms with Gasteiger partial charge in [-0.15, -0.1) is 5.10 Å². The lowest BCUT2D eigenvalue weighted by Crippen LogP contribution is -2.21. The molecule has 0 saturated heterocycles. The molecule has 2 rings (SSSR count). The van der Waals surface area contributed by atoms with E-state index in [1.54, 1.807) is 13.0 Å². The zero-order chi connectivity index (χ0) is 15.5. The SMILES string of the molecule is Cc1oc(CNC(C)C)cc1S(=O)(=O)Nc1cccnn1. The molecule has 0 saturated carbocycles. The van der Waals surface area contributed by atoms with Gasteiger partial charge in [0.05, 0.1) is 6.54 Å². The molecule has 0 fully saturated rings. The fraction of sp³-hybridized carbons (Fsp3) is 0.385. The van der Waals surface area contributed by atoms with Crippen LogP contribution in [-0.2, 0) is 16.6 Å². The van der Waals surface area contributed by atoms with Gasteiger partial charge in [0.2, 0.25) is 0 Å². The van der Waals surface area contributed by atoms with E-state index in [-0.39, 0.29) is 16.8 Å². The minimum atomic E-state index is -3.74. The first-order chi connectivity index (χ1) is 9.88. The Morgan fingerprint density at radius 1 is 1.38 bits per heavy atom. The van der Waals surface area contributed by atoms with Gasteiger partial charge in [0.15, 0.2) is 5.82 Å². The van der Waals surface area contributed by atoms with Crippen molar-refractivity contribution in [2.24, 2.45) is 0 Å². The zero-order valence-corrected chi connectivity index (χ0v) is 12.9. The highest BCUT2D eigenvalue weighted by Gasteiger charge is 2.22. The molecule has 2 N–H and O–H groups in total. The van der Waals surface area contributed by atoms with Crippen LogP contribution in [0.25, 0.3) is 0 Å². The van der Waals surface area contributed by atoms with Gasteiger partial charge in [-0.05, 0) is 19.1 Å². The minimum Gasteiger partial charge on any atom is -0.464 e. The van der Waals surface area contributed by atoms with Crippen molar-refractivity contribution in [3.8, 4) is 0 Å². The molecule has 8 heteroatoms. The number of hydrogen-bond acceptors (Lipinski definition) is 6. The number of furan rings is 1. The van der Waals surface area contributed by atoms with Crippen molar-refractivity contribution in [3.63, 3.8) is 0 Å². The lowest BCUT2D eigenvalue weighted by atomic mass is 10.3. The first-order valence-corrected chi connectivity index (χ1v) is 8.00. The Morgan fingerprint density at radius 2 is 2.14 bits per heavy atom. The molecule has 2 aromatic heterocycles. The molecule has 7 nitrogen and oxygen atoms in total. The summed E-state index contributed by atoms with van der Waals surface area (Å²) in [5, 5.41) is 10.5. The Balaban J connectivity index is 2.20. The summed E-state index contributed by atoms with van der Waals surface area (Å²) >= 11 is 0. The van der Waals surface area contributed by atoms with Crippen LogP contribution >= 0.6 is 0 Å². The van der Waals surface area contributed by atoms with E-state index in [4.69, 9.17) is 4.42 Å². The van der Waals surface area contributed by atoms with Crippen LogP contribution in [0.3, 0.4) is 0 Å². The molecule has 0 aliphatic heterocycles. The largest absolute Gasteiger partial charge is 0.464 e. The number of nitrogens with one attached hydrogen (secondary N) is 2. The number of sulfonamides is 1. The standard InChI is InChI=1S/C13H18N4O3S/c1-9(2)14-8-11-7-12(10(3)20-11)21(18,19)17-13-5-4-6-15-16-13/h4-7,9,14H,8H2,1-3H3,(H,16,17). The van der Waals surface area contributed by atoms with E-state index >= 15 is 0 Å². The number of aromatic nitrogens is 2. The molecule has 0 radical (unpaired) electrons. The van der Waals surface area contributed by atoms with Gasteiger partial charge in [0.25, 0.3) is 10.0 Å². The van der Waals surface area contributed by atoms with Gasteiger partial charge in [-0.3, -0.25) is 4.72 Å². The monoisotopic (exact) mass is 310 g/mol. The molecule has 0 aliphatic rings. The van der Waals surface area contributed by atoms with Crippen molar-refractivity contribution in [1.82, 2.24) is 15.5 Å². The van der Waals surface area contributed by atoms with Crippen LogP contribution in [0, 0.1) is 6.92 Å². The maximum absolute atomic E-state index is 12.3. The molecule has 0 aromatic carbocycles. The highest BCUT2D eigenvalue weighted by atomic mass is 32.2. The van der Waals surface area contributed by atoms with Gasteiger partial charge < -0.3 is 9.73 Å². The summed E-state index contributed by atoms with van der Waals surface area (Å²) in [6.45, 7) is 6.09. The van der Waals surface area contributed by atoms with Gasteiger partial charge >= 0.3 is 0 Å². The Bertz CT molecular complexity index is 695. The minimum absolute atomic E-state index is 0.105. The lowest BCUT2D eigenvalue weighted by Gasteiger charge is -2.05. The highest BCUT2D eigenvalue weighted by Crippen LogP contribution is 2.22. The van der Waals surface area contributed by atoms with Crippen LogP contribution in [0.15, 0.2) is 33.7 Å². The molecular weight excluding hydrogens is 292 g/mol. The number of hydrogen-bond donors (Lipinski definition) is 2. The first-order valence-electron chi connectivity index (χ1n) is 6.51. The van der Waals surface area contributed by atoms with Crippen molar-refractivity contribution in [2.75, 3.05) is 4.72 Å². The highest BCUT2D eigenvalue weighted by molar-refractivity contribution is 7.92. The fourth-order valence-corrected chi connectivity index (χ4v) is 2.93. The third-order valence-electron chi connectivity index (χ3n) is 2.71. The second kappa shape index (κ2) is 6.23. The number of rotatable bonds is 6. The molecule has 0 atom stereocenters. The first kappa shape index (κ1) is 15.5. The number of aryl methyl sites for hydroxylation is 1. The second-order valence-corrected chi connectivity index (χ2v) is 6.53. The lowest BCUT2D eigenvalue weighted by molar-refractivity contribution is 0.444. The number of anilines is 1. The van der Waals surface area contributed by atoms with Gasteiger partial charge in [0, 0.05) is 18.3 Å². The van der Waals surface area contributed by atoms with Crippen LogP contribution < -0.4 is 10.0 Å². The molecule has 2 heterocycles. The van der Waals surface area contributed by atoms with Crippen molar-refractivity contribution >= 4 is 15.8 Å². The summed E-state index contributed by atoms with van der Waals surface area (Å²) in [5.41, 5.74) is 0. The van der Waals surface area contributed by atoms with Crippen molar-refractivity contribution in [1.29, 1.82) is 0 Å². The Morgan fingerprint density at radius 3 is 2.76 bits per heavy atom. The maximum atomic E-state index is 12.3. The van der Waals surface area contributed by atoms with Gasteiger partial charge in [-0.1, -0.05) is 13.8 Å². The molecule has 0 bridgehead atoms. The Hall–Kier alpha value is -1.93. The fourth-order valence-electron chi connectivity index (χ4n) is 1.73. The summed E-state index contributed by atoms with van der Waals surface area (Å²) in [5.74, 6) is 1.08. The molecule has 0 amide bonds. The van der Waals surface area contributed by atoms with Gasteiger partial charge in [-0.25, -0.2) is 8.42 Å². The molecule has 0 unspecified atom stereocenters. The molecule has 2 aromatic rings. The van der Waals surface area contributed by atoms with Crippen LogP contribution in [0.4, 0.5) is 5.82 Å². The van der Waals surface area contributed by atoms with Crippen LogP contribution in [0.5, 0.6) is 0 Å². The van der Waals surface area contributed by atoms with Crippen LogP contribution in [-0.4, -0.2) is 24.7 Å². The van der Waals surface area contributed by atoms with Crippen molar-refractivity contribution in [3.05, 3.63) is 35.9 Å². The predicted octanol–water partition coefficient (Wildman–Crippen LogP) is 1.68. The van der Waals surface area contributed by atoms with E-state index < -0.39 is 10.0 Å². The van der Waals surface area contributed by atoms with Crippen molar-refractivity contribution < 1.29 is 12.8 Å². The third kappa shape index (κ3) is 4.02. The normalized spacial score (nSPS) is 11.8. The average Bonchev–Trinajstić information content (AvgIpc) is 2.79. The van der Waals surface area contributed by atoms with E-state index in [0.29, 0.717) is 18.1 Å². The van der Waals surface area contributed by atoms with Crippen molar-refractivity contribution in [2.45, 2.75) is 38.3 Å². The number of nitrogens with zero attached hydrogens (tertiary/aromatic N) is 2. The van der Waals surface area contributed by atoms with Crippen LogP contribution in [0.2, 0.25) is 0 Å². The Kier molecular flexibility index (Phi) is 4.59. The van der Waals surface area contributed by atoms with Gasteiger partial charge in [-0.2, -0.15) is 5.10 Å². The summed E-state index contributed by atoms with van der Waals surface area (Å²) in [7, 11) is -3.74. The quantitative estimate of drug-likeness (QED) is 0.842. The average molecular weight is 310 g/mol. The predicted molar refractivity (Wildman–Crippen MR) is 78.3 cm³/mol. The van der Waals surface area contributed by atoms with E-state index in [1.165, 1.54) is 18.3 Å².